The molecule has 1 amide bonds. The molecule has 0 aliphatic rings. The maximum atomic E-state index is 11.8. The quantitative estimate of drug-likeness (QED) is 0.691. The fraction of sp³-hybridized carbons (Fsp3) is 0.167. The van der Waals surface area contributed by atoms with E-state index in [1.165, 1.54) is 12.3 Å². The van der Waals surface area contributed by atoms with Crippen molar-refractivity contribution in [2.45, 2.75) is 13.8 Å². The predicted molar refractivity (Wildman–Crippen MR) is 64.1 cm³/mol. The summed E-state index contributed by atoms with van der Waals surface area (Å²) in [6, 6.07) is 4.78. The van der Waals surface area contributed by atoms with Gasteiger partial charge in [0.15, 0.2) is 0 Å². The van der Waals surface area contributed by atoms with Gasteiger partial charge in [-0.1, -0.05) is 0 Å². The number of carbonyl (C=O) groups is 1. The van der Waals surface area contributed by atoms with Crippen molar-refractivity contribution >= 4 is 11.6 Å². The standard InChI is InChI=1S/C12H13N3O2/c1-7-5-9(16)3-4-10(7)15-12(17)11-6-13-8(2)14-11/h3-6,16H,1-2H3,(H,13,14)(H,15,17). The molecule has 0 aliphatic carbocycles. The average molecular weight is 231 g/mol. The van der Waals surface area contributed by atoms with Crippen molar-refractivity contribution in [1.29, 1.82) is 0 Å². The number of anilines is 1. The van der Waals surface area contributed by atoms with Crippen molar-refractivity contribution < 1.29 is 9.90 Å². The van der Waals surface area contributed by atoms with Crippen molar-refractivity contribution in [3.8, 4) is 5.75 Å². The molecule has 1 aromatic heterocycles. The Morgan fingerprint density at radius 1 is 1.41 bits per heavy atom. The molecule has 88 valence electrons. The monoisotopic (exact) mass is 231 g/mol. The molecule has 2 aromatic rings. The fourth-order valence-electron chi connectivity index (χ4n) is 1.51. The van der Waals surface area contributed by atoms with Crippen molar-refractivity contribution in [3.05, 3.63) is 41.5 Å². The van der Waals surface area contributed by atoms with Crippen LogP contribution in [0.25, 0.3) is 0 Å². The average Bonchev–Trinajstić information content (AvgIpc) is 2.69. The number of aromatic nitrogens is 2. The molecular formula is C12H13N3O2. The van der Waals surface area contributed by atoms with Crippen molar-refractivity contribution in [1.82, 2.24) is 9.97 Å². The molecule has 17 heavy (non-hydrogen) atoms. The van der Waals surface area contributed by atoms with Crippen LogP contribution >= 0.6 is 0 Å². The smallest absolute Gasteiger partial charge is 0.273 e. The van der Waals surface area contributed by atoms with Gasteiger partial charge in [0.25, 0.3) is 5.91 Å². The van der Waals surface area contributed by atoms with Crippen LogP contribution in [0, 0.1) is 13.8 Å². The molecule has 0 bridgehead atoms. The molecule has 5 nitrogen and oxygen atoms in total. The number of aryl methyl sites for hydroxylation is 2. The summed E-state index contributed by atoms with van der Waals surface area (Å²) in [5, 5.41) is 12.0. The summed E-state index contributed by atoms with van der Waals surface area (Å²) in [5.41, 5.74) is 1.88. The minimum absolute atomic E-state index is 0.179. The zero-order valence-electron chi connectivity index (χ0n) is 9.61. The van der Waals surface area contributed by atoms with Gasteiger partial charge >= 0.3 is 0 Å². The van der Waals surface area contributed by atoms with Crippen LogP contribution in [0.5, 0.6) is 5.75 Å². The highest BCUT2D eigenvalue weighted by Crippen LogP contribution is 2.20. The van der Waals surface area contributed by atoms with E-state index in [1.807, 2.05) is 6.92 Å². The van der Waals surface area contributed by atoms with Gasteiger partial charge in [0.1, 0.15) is 17.3 Å². The van der Waals surface area contributed by atoms with Gasteiger partial charge in [0, 0.05) is 5.69 Å². The van der Waals surface area contributed by atoms with Crippen LogP contribution in [-0.2, 0) is 0 Å². The van der Waals surface area contributed by atoms with Gasteiger partial charge in [-0.25, -0.2) is 4.98 Å². The lowest BCUT2D eigenvalue weighted by Crippen LogP contribution is -2.13. The van der Waals surface area contributed by atoms with Crippen LogP contribution in [0.3, 0.4) is 0 Å². The summed E-state index contributed by atoms with van der Waals surface area (Å²) in [5.74, 6) is 0.620. The second-order valence-electron chi connectivity index (χ2n) is 3.84. The Hall–Kier alpha value is -2.30. The molecule has 0 fully saturated rings. The molecule has 0 atom stereocenters. The number of imidazole rings is 1. The van der Waals surface area contributed by atoms with E-state index in [0.717, 1.165) is 5.56 Å². The topological polar surface area (TPSA) is 78.0 Å². The summed E-state index contributed by atoms with van der Waals surface area (Å²) in [6.45, 7) is 3.59. The molecule has 2 rings (SSSR count). The van der Waals surface area contributed by atoms with Crippen LogP contribution in [0.4, 0.5) is 5.69 Å². The van der Waals surface area contributed by atoms with Crippen LogP contribution in [0.2, 0.25) is 0 Å². The number of nitrogens with zero attached hydrogens (tertiary/aromatic N) is 1. The number of nitrogens with one attached hydrogen (secondary N) is 2. The fourth-order valence-corrected chi connectivity index (χ4v) is 1.51. The van der Waals surface area contributed by atoms with Crippen molar-refractivity contribution in [2.75, 3.05) is 5.32 Å². The number of amides is 1. The molecule has 0 aliphatic heterocycles. The van der Waals surface area contributed by atoms with Crippen LogP contribution < -0.4 is 5.32 Å². The Balaban J connectivity index is 2.18. The van der Waals surface area contributed by atoms with Crippen molar-refractivity contribution in [2.24, 2.45) is 0 Å². The van der Waals surface area contributed by atoms with Crippen molar-refractivity contribution in [3.63, 3.8) is 0 Å². The van der Waals surface area contributed by atoms with Gasteiger partial charge in [-0.15, -0.1) is 0 Å². The third-order valence-corrected chi connectivity index (χ3v) is 2.41. The van der Waals surface area contributed by atoms with E-state index >= 15 is 0 Å². The number of carbonyl (C=O) groups excluding carboxylic acids is 1. The molecule has 5 heteroatoms. The van der Waals surface area contributed by atoms with Gasteiger partial charge in [0.2, 0.25) is 0 Å². The summed E-state index contributed by atoms with van der Waals surface area (Å²) < 4.78 is 0. The zero-order valence-corrected chi connectivity index (χ0v) is 9.61. The molecule has 3 N–H and O–H groups in total. The molecule has 0 saturated carbocycles. The predicted octanol–water partition coefficient (Wildman–Crippen LogP) is 1.98. The third-order valence-electron chi connectivity index (χ3n) is 2.41. The SMILES string of the molecule is Cc1ncc(C(=O)Nc2ccc(O)cc2C)[nH]1. The highest BCUT2D eigenvalue weighted by Gasteiger charge is 2.09. The molecule has 1 aromatic carbocycles. The van der Waals surface area contributed by atoms with E-state index in [9.17, 15) is 9.90 Å². The Labute approximate surface area is 98.5 Å². The number of benzene rings is 1. The first kappa shape index (κ1) is 11.2. The molecule has 0 radical (unpaired) electrons. The number of phenols is 1. The van der Waals surface area contributed by atoms with Gasteiger partial charge in [-0.05, 0) is 37.6 Å². The van der Waals surface area contributed by atoms with Crippen LogP contribution in [-0.4, -0.2) is 21.0 Å². The molecule has 0 spiro atoms. The summed E-state index contributed by atoms with van der Waals surface area (Å²) in [6.07, 6.45) is 1.49. The first-order valence-corrected chi connectivity index (χ1v) is 5.19. The van der Waals surface area contributed by atoms with E-state index < -0.39 is 0 Å². The van der Waals surface area contributed by atoms with Crippen LogP contribution in [0.1, 0.15) is 21.9 Å². The molecule has 0 unspecified atom stereocenters. The summed E-state index contributed by atoms with van der Waals surface area (Å²) in [4.78, 5) is 18.6. The highest BCUT2D eigenvalue weighted by molar-refractivity contribution is 6.03. The highest BCUT2D eigenvalue weighted by atomic mass is 16.3. The van der Waals surface area contributed by atoms with Crippen LogP contribution in [0.15, 0.2) is 24.4 Å². The first-order valence-electron chi connectivity index (χ1n) is 5.19. The molecule has 0 saturated heterocycles. The maximum absolute atomic E-state index is 11.8. The lowest BCUT2D eigenvalue weighted by molar-refractivity contribution is 0.102. The molecular weight excluding hydrogens is 218 g/mol. The van der Waals surface area contributed by atoms with Gasteiger partial charge in [0.05, 0.1) is 6.20 Å². The summed E-state index contributed by atoms with van der Waals surface area (Å²) >= 11 is 0. The van der Waals surface area contributed by atoms with E-state index in [1.54, 1.807) is 19.1 Å². The Morgan fingerprint density at radius 2 is 2.18 bits per heavy atom. The van der Waals surface area contributed by atoms with E-state index in [2.05, 4.69) is 15.3 Å². The first-order chi connectivity index (χ1) is 8.06. The Morgan fingerprint density at radius 3 is 2.76 bits per heavy atom. The largest absolute Gasteiger partial charge is 0.508 e. The van der Waals surface area contributed by atoms with Gasteiger partial charge < -0.3 is 15.4 Å². The summed E-state index contributed by atoms with van der Waals surface area (Å²) in [7, 11) is 0. The third kappa shape index (κ3) is 2.44. The lowest BCUT2D eigenvalue weighted by Gasteiger charge is -2.07. The van der Waals surface area contributed by atoms with E-state index in [-0.39, 0.29) is 11.7 Å². The number of hydrogen-bond donors (Lipinski definition) is 3. The number of H-pyrrole nitrogens is 1. The number of aromatic amines is 1. The maximum Gasteiger partial charge on any atom is 0.273 e. The molecule has 1 heterocycles. The minimum atomic E-state index is -0.251. The Kier molecular flexibility index (Phi) is 2.82. The van der Waals surface area contributed by atoms with E-state index in [4.69, 9.17) is 0 Å². The van der Waals surface area contributed by atoms with E-state index in [0.29, 0.717) is 17.2 Å². The second kappa shape index (κ2) is 4.29. The van der Waals surface area contributed by atoms with Gasteiger partial charge in [-0.3, -0.25) is 4.79 Å². The lowest BCUT2D eigenvalue weighted by atomic mass is 10.2. The number of phenolic OH excluding ortho intramolecular Hbond substituents is 1. The normalized spacial score (nSPS) is 10.2. The Bertz CT molecular complexity index is 561. The second-order valence-corrected chi connectivity index (χ2v) is 3.84. The number of hydrogen-bond acceptors (Lipinski definition) is 3. The number of rotatable bonds is 2. The number of aromatic hydroxyl groups is 1. The van der Waals surface area contributed by atoms with Gasteiger partial charge in [-0.2, -0.15) is 0 Å². The zero-order chi connectivity index (χ0) is 12.4. The minimum Gasteiger partial charge on any atom is -0.508 e.